The summed E-state index contributed by atoms with van der Waals surface area (Å²) >= 11 is 0. The fraction of sp³-hybridized carbons (Fsp3) is 0.500. The Morgan fingerprint density at radius 1 is 1.77 bits per heavy atom. The minimum atomic E-state index is 0.215. The highest BCUT2D eigenvalue weighted by Gasteiger charge is 2.08. The zero-order chi connectivity index (χ0) is 9.68. The molecule has 1 N–H and O–H groups in total. The monoisotopic (exact) mass is 179 g/mol. The first-order valence-electron chi connectivity index (χ1n) is 4.61. The van der Waals surface area contributed by atoms with Gasteiger partial charge in [-0.15, -0.1) is 6.58 Å². The molecule has 3 nitrogen and oxygen atoms in total. The third kappa shape index (κ3) is 2.42. The summed E-state index contributed by atoms with van der Waals surface area (Å²) in [5.74, 6) is 0. The Morgan fingerprint density at radius 2 is 2.54 bits per heavy atom. The number of imidazole rings is 1. The lowest BCUT2D eigenvalue weighted by Gasteiger charge is -2.14. The van der Waals surface area contributed by atoms with Gasteiger partial charge in [0.25, 0.3) is 0 Å². The predicted molar refractivity (Wildman–Crippen MR) is 54.4 cm³/mol. The van der Waals surface area contributed by atoms with E-state index in [1.54, 1.807) is 6.33 Å². The predicted octanol–water partition coefficient (Wildman–Crippen LogP) is 1.65. The van der Waals surface area contributed by atoms with Crippen LogP contribution in [0.2, 0.25) is 0 Å². The molecule has 0 aliphatic rings. The van der Waals surface area contributed by atoms with Gasteiger partial charge in [0.2, 0.25) is 0 Å². The lowest BCUT2D eigenvalue weighted by Crippen LogP contribution is -2.21. The van der Waals surface area contributed by atoms with Crippen LogP contribution >= 0.6 is 0 Å². The van der Waals surface area contributed by atoms with E-state index in [9.17, 15) is 0 Å². The van der Waals surface area contributed by atoms with Crippen molar-refractivity contribution in [2.24, 2.45) is 7.05 Å². The Balaban J connectivity index is 2.66. The molecule has 0 aromatic carbocycles. The smallest absolute Gasteiger partial charge is 0.0946 e. The van der Waals surface area contributed by atoms with Gasteiger partial charge in [0, 0.05) is 7.05 Å². The van der Waals surface area contributed by atoms with Crippen LogP contribution < -0.4 is 5.32 Å². The highest BCUT2D eigenvalue weighted by molar-refractivity contribution is 5.10. The van der Waals surface area contributed by atoms with Gasteiger partial charge in [-0.2, -0.15) is 0 Å². The van der Waals surface area contributed by atoms with Gasteiger partial charge < -0.3 is 9.88 Å². The number of rotatable bonds is 5. The van der Waals surface area contributed by atoms with Crippen molar-refractivity contribution >= 4 is 0 Å². The van der Waals surface area contributed by atoms with Crippen molar-refractivity contribution in [2.75, 3.05) is 6.54 Å². The van der Waals surface area contributed by atoms with Crippen LogP contribution in [0.15, 0.2) is 25.2 Å². The lowest BCUT2D eigenvalue weighted by molar-refractivity contribution is 0.584. The molecule has 0 spiro atoms. The third-order valence-corrected chi connectivity index (χ3v) is 2.02. The highest BCUT2D eigenvalue weighted by Crippen LogP contribution is 2.11. The van der Waals surface area contributed by atoms with E-state index in [4.69, 9.17) is 0 Å². The topological polar surface area (TPSA) is 29.9 Å². The van der Waals surface area contributed by atoms with Crippen molar-refractivity contribution in [3.05, 3.63) is 30.9 Å². The second-order valence-corrected chi connectivity index (χ2v) is 3.10. The summed E-state index contributed by atoms with van der Waals surface area (Å²) in [6.07, 6.45) is 6.71. The molecular formula is C10H17N3. The summed E-state index contributed by atoms with van der Waals surface area (Å²) in [5, 5.41) is 3.38. The van der Waals surface area contributed by atoms with Crippen molar-refractivity contribution < 1.29 is 0 Å². The van der Waals surface area contributed by atoms with Gasteiger partial charge in [-0.05, 0) is 13.0 Å². The van der Waals surface area contributed by atoms with Crippen molar-refractivity contribution in [3.63, 3.8) is 0 Å². The number of hydrogen-bond acceptors (Lipinski definition) is 2. The van der Waals surface area contributed by atoms with Crippen LogP contribution in [0.25, 0.3) is 0 Å². The second-order valence-electron chi connectivity index (χ2n) is 3.10. The minimum absolute atomic E-state index is 0.215. The van der Waals surface area contributed by atoms with Gasteiger partial charge in [0.1, 0.15) is 0 Å². The van der Waals surface area contributed by atoms with Crippen LogP contribution in [0.1, 0.15) is 25.1 Å². The Morgan fingerprint density at radius 3 is 3.00 bits per heavy atom. The summed E-state index contributed by atoms with van der Waals surface area (Å²) in [4.78, 5) is 4.07. The van der Waals surface area contributed by atoms with Gasteiger partial charge >= 0.3 is 0 Å². The first kappa shape index (κ1) is 9.99. The number of aromatic nitrogens is 2. The Bertz CT molecular complexity index is 265. The van der Waals surface area contributed by atoms with Crippen LogP contribution in [-0.4, -0.2) is 16.1 Å². The average Bonchev–Trinajstić information content (AvgIpc) is 2.54. The molecule has 1 rings (SSSR count). The van der Waals surface area contributed by atoms with Crippen LogP contribution in [-0.2, 0) is 7.05 Å². The van der Waals surface area contributed by atoms with Crippen LogP contribution in [0.4, 0.5) is 0 Å². The number of hydrogen-bond donors (Lipinski definition) is 1. The van der Waals surface area contributed by atoms with Crippen molar-refractivity contribution in [2.45, 2.75) is 19.4 Å². The van der Waals surface area contributed by atoms with E-state index in [-0.39, 0.29) is 6.04 Å². The lowest BCUT2D eigenvalue weighted by atomic mass is 10.2. The normalized spacial score (nSPS) is 12.8. The molecule has 1 aromatic rings. The van der Waals surface area contributed by atoms with E-state index in [1.165, 1.54) is 0 Å². The van der Waals surface area contributed by atoms with Crippen molar-refractivity contribution in [1.82, 2.24) is 14.9 Å². The largest absolute Gasteiger partial charge is 0.336 e. The number of nitrogens with one attached hydrogen (secondary N) is 1. The Labute approximate surface area is 79.5 Å². The molecule has 0 aliphatic heterocycles. The van der Waals surface area contributed by atoms with Crippen LogP contribution in [0.5, 0.6) is 0 Å². The minimum Gasteiger partial charge on any atom is -0.336 e. The molecular weight excluding hydrogens is 162 g/mol. The summed E-state index contributed by atoms with van der Waals surface area (Å²) in [6, 6.07) is 0.215. The van der Waals surface area contributed by atoms with Crippen LogP contribution in [0, 0.1) is 0 Å². The molecule has 3 heteroatoms. The molecule has 1 unspecified atom stereocenters. The maximum atomic E-state index is 4.07. The zero-order valence-corrected chi connectivity index (χ0v) is 8.33. The van der Waals surface area contributed by atoms with Gasteiger partial charge in [-0.25, -0.2) is 4.98 Å². The van der Waals surface area contributed by atoms with E-state index in [0.29, 0.717) is 0 Å². The fourth-order valence-corrected chi connectivity index (χ4v) is 1.28. The standard InChI is InChI=1S/C10H17N3/c1-4-6-12-9(5-2)10-7-11-8-13(10)3/h5,7-9,12H,2,4,6H2,1,3H3. The Hall–Kier alpha value is -1.09. The third-order valence-electron chi connectivity index (χ3n) is 2.02. The highest BCUT2D eigenvalue weighted by atomic mass is 15.1. The maximum Gasteiger partial charge on any atom is 0.0946 e. The van der Waals surface area contributed by atoms with E-state index in [0.717, 1.165) is 18.7 Å². The van der Waals surface area contributed by atoms with Crippen molar-refractivity contribution in [1.29, 1.82) is 0 Å². The summed E-state index contributed by atoms with van der Waals surface area (Å²) in [5.41, 5.74) is 1.16. The number of aryl methyl sites for hydroxylation is 1. The summed E-state index contributed by atoms with van der Waals surface area (Å²) < 4.78 is 2.01. The van der Waals surface area contributed by atoms with E-state index >= 15 is 0 Å². The van der Waals surface area contributed by atoms with Gasteiger partial charge in [0.15, 0.2) is 0 Å². The molecule has 0 aliphatic carbocycles. The molecule has 0 saturated heterocycles. The van der Waals surface area contributed by atoms with Gasteiger partial charge in [-0.1, -0.05) is 13.0 Å². The molecule has 0 fully saturated rings. The maximum absolute atomic E-state index is 4.07. The molecule has 0 amide bonds. The number of nitrogens with zero attached hydrogens (tertiary/aromatic N) is 2. The summed E-state index contributed by atoms with van der Waals surface area (Å²) in [6.45, 7) is 6.96. The molecule has 72 valence electrons. The molecule has 1 aromatic heterocycles. The average molecular weight is 179 g/mol. The molecule has 1 atom stereocenters. The molecule has 0 bridgehead atoms. The van der Waals surface area contributed by atoms with Crippen LogP contribution in [0.3, 0.4) is 0 Å². The summed E-state index contributed by atoms with van der Waals surface area (Å²) in [7, 11) is 1.99. The van der Waals surface area contributed by atoms with Gasteiger partial charge in [0.05, 0.1) is 24.3 Å². The molecule has 0 radical (unpaired) electrons. The van der Waals surface area contributed by atoms with E-state index < -0.39 is 0 Å². The molecule has 1 heterocycles. The van der Waals surface area contributed by atoms with Gasteiger partial charge in [-0.3, -0.25) is 0 Å². The Kier molecular flexibility index (Phi) is 3.71. The van der Waals surface area contributed by atoms with E-state index in [2.05, 4.69) is 23.8 Å². The molecule has 0 saturated carbocycles. The first-order chi connectivity index (χ1) is 6.29. The second kappa shape index (κ2) is 4.82. The fourth-order valence-electron chi connectivity index (χ4n) is 1.28. The van der Waals surface area contributed by atoms with Crippen molar-refractivity contribution in [3.8, 4) is 0 Å². The molecule has 13 heavy (non-hydrogen) atoms. The quantitative estimate of drug-likeness (QED) is 0.696. The SMILES string of the molecule is C=CC(NCCC)c1cncn1C. The first-order valence-corrected chi connectivity index (χ1v) is 4.61. The van der Waals surface area contributed by atoms with E-state index in [1.807, 2.05) is 23.9 Å². The zero-order valence-electron chi connectivity index (χ0n) is 8.33.